The molecule has 0 amide bonds. The lowest BCUT2D eigenvalue weighted by molar-refractivity contribution is 0.247. The van der Waals surface area contributed by atoms with Crippen LogP contribution in [-0.4, -0.2) is 54.8 Å². The van der Waals surface area contributed by atoms with Crippen molar-refractivity contribution in [3.8, 4) is 22.1 Å². The molecule has 0 saturated carbocycles. The number of thiazole rings is 1. The van der Waals surface area contributed by atoms with E-state index in [0.29, 0.717) is 11.6 Å². The number of methoxy groups -OCH3 is 1. The first-order chi connectivity index (χ1) is 14.7. The van der Waals surface area contributed by atoms with E-state index in [-0.39, 0.29) is 0 Å². The quantitative estimate of drug-likeness (QED) is 0.531. The summed E-state index contributed by atoms with van der Waals surface area (Å²) in [4.78, 5) is 14.0. The fourth-order valence-electron chi connectivity index (χ4n) is 3.51. The highest BCUT2D eigenvalue weighted by atomic mass is 35.5. The van der Waals surface area contributed by atoms with Crippen LogP contribution in [0.2, 0.25) is 5.02 Å². The van der Waals surface area contributed by atoms with Crippen LogP contribution < -0.4 is 14.4 Å². The molecule has 1 aliphatic rings. The molecule has 0 atom stereocenters. The fraction of sp³-hybridized carbons (Fsp3) is 0.364. The third kappa shape index (κ3) is 4.86. The van der Waals surface area contributed by atoms with E-state index >= 15 is 0 Å². The maximum atomic E-state index is 5.94. The minimum absolute atomic E-state index is 0.610. The first-order valence-electron chi connectivity index (χ1n) is 10.0. The van der Waals surface area contributed by atoms with Crippen LogP contribution in [0.1, 0.15) is 12.6 Å². The van der Waals surface area contributed by atoms with Gasteiger partial charge in [-0.05, 0) is 37.3 Å². The van der Waals surface area contributed by atoms with E-state index in [1.165, 1.54) is 0 Å². The molecule has 0 spiro atoms. The summed E-state index contributed by atoms with van der Waals surface area (Å²) in [5, 5.41) is 3.81. The van der Waals surface area contributed by atoms with Crippen molar-refractivity contribution in [2.45, 2.75) is 13.5 Å². The Morgan fingerprint density at radius 3 is 2.63 bits per heavy atom. The summed E-state index contributed by atoms with van der Waals surface area (Å²) >= 11 is 7.60. The molecular formula is C22H25ClN4O2S. The second-order valence-corrected chi connectivity index (χ2v) is 8.33. The number of ether oxygens (including phenoxy) is 2. The molecule has 1 aliphatic heterocycles. The highest BCUT2D eigenvalue weighted by molar-refractivity contribution is 7.13. The largest absolute Gasteiger partial charge is 0.493 e. The molecule has 0 unspecified atom stereocenters. The zero-order valence-electron chi connectivity index (χ0n) is 17.2. The van der Waals surface area contributed by atoms with Crippen molar-refractivity contribution < 1.29 is 9.47 Å². The highest BCUT2D eigenvalue weighted by Crippen LogP contribution is 2.34. The van der Waals surface area contributed by atoms with Gasteiger partial charge in [-0.25, -0.2) is 9.97 Å². The second-order valence-electron chi connectivity index (χ2n) is 7.04. The number of piperazine rings is 1. The predicted molar refractivity (Wildman–Crippen MR) is 122 cm³/mol. The predicted octanol–water partition coefficient (Wildman–Crippen LogP) is 4.59. The van der Waals surface area contributed by atoms with Gasteiger partial charge in [-0.3, -0.25) is 4.90 Å². The SMILES string of the molecule is CCOc1ccc(-c2nc(CN3CCN(c4ccc(Cl)cn4)CC3)cs2)cc1OC. The Labute approximate surface area is 186 Å². The van der Waals surface area contributed by atoms with Gasteiger partial charge < -0.3 is 14.4 Å². The van der Waals surface area contributed by atoms with E-state index in [9.17, 15) is 0 Å². The van der Waals surface area contributed by atoms with Gasteiger partial charge in [-0.2, -0.15) is 0 Å². The molecule has 3 heterocycles. The van der Waals surface area contributed by atoms with Crippen molar-refractivity contribution in [1.29, 1.82) is 0 Å². The monoisotopic (exact) mass is 444 g/mol. The second kappa shape index (κ2) is 9.64. The van der Waals surface area contributed by atoms with Crippen LogP contribution >= 0.6 is 22.9 Å². The maximum absolute atomic E-state index is 5.94. The zero-order valence-corrected chi connectivity index (χ0v) is 18.7. The van der Waals surface area contributed by atoms with Gasteiger partial charge in [0.2, 0.25) is 0 Å². The number of aromatic nitrogens is 2. The van der Waals surface area contributed by atoms with E-state index in [4.69, 9.17) is 26.1 Å². The Hall–Kier alpha value is -2.35. The average Bonchev–Trinajstić information content (AvgIpc) is 3.24. The standard InChI is InChI=1S/C22H25ClN4O2S/c1-3-29-19-6-4-16(12-20(19)28-2)22-25-18(15-30-22)14-26-8-10-27(11-9-26)21-7-5-17(23)13-24-21/h4-7,12-13,15H,3,8-11,14H2,1-2H3. The molecule has 158 valence electrons. The first-order valence-corrected chi connectivity index (χ1v) is 11.3. The van der Waals surface area contributed by atoms with Crippen LogP contribution in [-0.2, 0) is 6.54 Å². The van der Waals surface area contributed by atoms with Crippen molar-refractivity contribution in [1.82, 2.24) is 14.9 Å². The Kier molecular flexibility index (Phi) is 6.72. The van der Waals surface area contributed by atoms with Gasteiger partial charge in [-0.1, -0.05) is 11.6 Å². The number of hydrogen-bond donors (Lipinski definition) is 0. The minimum Gasteiger partial charge on any atom is -0.493 e. The molecule has 3 aromatic rings. The van der Waals surface area contributed by atoms with Crippen molar-refractivity contribution in [2.24, 2.45) is 0 Å². The summed E-state index contributed by atoms with van der Waals surface area (Å²) in [6.45, 7) is 7.28. The molecule has 6 nitrogen and oxygen atoms in total. The molecule has 1 fully saturated rings. The molecule has 0 radical (unpaired) electrons. The van der Waals surface area contributed by atoms with Crippen LogP contribution in [0.25, 0.3) is 10.6 Å². The summed E-state index contributed by atoms with van der Waals surface area (Å²) in [6.07, 6.45) is 1.70. The zero-order chi connectivity index (χ0) is 20.9. The van der Waals surface area contributed by atoms with Crippen LogP contribution in [0.3, 0.4) is 0 Å². The minimum atomic E-state index is 0.610. The van der Waals surface area contributed by atoms with Gasteiger partial charge in [0.05, 0.1) is 24.4 Å². The average molecular weight is 445 g/mol. The number of nitrogens with zero attached hydrogens (tertiary/aromatic N) is 4. The molecule has 0 bridgehead atoms. The number of rotatable bonds is 7. The lowest BCUT2D eigenvalue weighted by Crippen LogP contribution is -2.46. The van der Waals surface area contributed by atoms with Crippen LogP contribution in [0.5, 0.6) is 11.5 Å². The molecule has 1 aromatic carbocycles. The van der Waals surface area contributed by atoms with E-state index in [1.807, 2.05) is 37.3 Å². The maximum Gasteiger partial charge on any atom is 0.161 e. The van der Waals surface area contributed by atoms with Crippen LogP contribution in [0, 0.1) is 0 Å². The van der Waals surface area contributed by atoms with Crippen molar-refractivity contribution in [3.05, 3.63) is 52.6 Å². The van der Waals surface area contributed by atoms with Gasteiger partial charge in [-0.15, -0.1) is 11.3 Å². The molecular weight excluding hydrogens is 420 g/mol. The smallest absolute Gasteiger partial charge is 0.161 e. The number of hydrogen-bond acceptors (Lipinski definition) is 7. The Balaban J connectivity index is 1.37. The number of anilines is 1. The van der Waals surface area contributed by atoms with Gasteiger partial charge >= 0.3 is 0 Å². The van der Waals surface area contributed by atoms with Crippen LogP contribution in [0.15, 0.2) is 41.9 Å². The third-order valence-corrected chi connectivity index (χ3v) is 6.22. The molecule has 0 aliphatic carbocycles. The topological polar surface area (TPSA) is 50.7 Å². The summed E-state index contributed by atoms with van der Waals surface area (Å²) in [5.41, 5.74) is 2.14. The fourth-order valence-corrected chi connectivity index (χ4v) is 4.43. The van der Waals surface area contributed by atoms with Gasteiger partial charge in [0.15, 0.2) is 11.5 Å². The number of benzene rings is 1. The van der Waals surface area contributed by atoms with E-state index in [0.717, 1.165) is 66.3 Å². The van der Waals surface area contributed by atoms with E-state index in [1.54, 1.807) is 24.6 Å². The lowest BCUT2D eigenvalue weighted by Gasteiger charge is -2.35. The Bertz CT molecular complexity index is 972. The van der Waals surface area contributed by atoms with Crippen LogP contribution in [0.4, 0.5) is 5.82 Å². The molecule has 30 heavy (non-hydrogen) atoms. The van der Waals surface area contributed by atoms with Gasteiger partial charge in [0.25, 0.3) is 0 Å². The summed E-state index contributed by atoms with van der Waals surface area (Å²) in [7, 11) is 1.66. The molecule has 2 aromatic heterocycles. The van der Waals surface area contributed by atoms with Crippen molar-refractivity contribution in [3.63, 3.8) is 0 Å². The van der Waals surface area contributed by atoms with Gasteiger partial charge in [0.1, 0.15) is 10.8 Å². The molecule has 4 rings (SSSR count). The van der Waals surface area contributed by atoms with E-state index < -0.39 is 0 Å². The third-order valence-electron chi connectivity index (χ3n) is 5.06. The number of pyridine rings is 1. The van der Waals surface area contributed by atoms with Gasteiger partial charge in [0, 0.05) is 49.9 Å². The normalized spacial score (nSPS) is 14.7. The first kappa shape index (κ1) is 20.9. The number of halogens is 1. The Morgan fingerprint density at radius 1 is 1.10 bits per heavy atom. The van der Waals surface area contributed by atoms with Crippen molar-refractivity contribution >= 4 is 28.8 Å². The highest BCUT2D eigenvalue weighted by Gasteiger charge is 2.19. The Morgan fingerprint density at radius 2 is 1.93 bits per heavy atom. The lowest BCUT2D eigenvalue weighted by atomic mass is 10.2. The molecule has 8 heteroatoms. The molecule has 1 saturated heterocycles. The van der Waals surface area contributed by atoms with E-state index in [2.05, 4.69) is 20.2 Å². The summed E-state index contributed by atoms with van der Waals surface area (Å²) in [5.74, 6) is 2.48. The summed E-state index contributed by atoms with van der Waals surface area (Å²) in [6, 6.07) is 9.85. The summed E-state index contributed by atoms with van der Waals surface area (Å²) < 4.78 is 11.1. The molecule has 0 N–H and O–H groups in total. The van der Waals surface area contributed by atoms with Crippen molar-refractivity contribution in [2.75, 3.05) is 44.8 Å².